The van der Waals surface area contributed by atoms with E-state index in [1.807, 2.05) is 42.5 Å². The minimum atomic E-state index is -1.19. The van der Waals surface area contributed by atoms with E-state index in [1.54, 1.807) is 12.1 Å². The average molecular weight is 302 g/mol. The Morgan fingerprint density at radius 3 is 2.09 bits per heavy atom. The summed E-state index contributed by atoms with van der Waals surface area (Å²) in [5, 5.41) is 28.6. The molecular weight excluding hydrogens is 284 g/mol. The molecule has 3 rings (SSSR count). The predicted octanol–water partition coefficient (Wildman–Crippen LogP) is 1.17. The lowest BCUT2D eigenvalue weighted by molar-refractivity contribution is -0.116. The molecule has 1 aliphatic rings. The maximum atomic E-state index is 9.84. The van der Waals surface area contributed by atoms with E-state index in [-0.39, 0.29) is 6.61 Å². The van der Waals surface area contributed by atoms with Gasteiger partial charge in [-0.15, -0.1) is 0 Å². The fraction of sp³-hybridized carbons (Fsp3) is 0.294. The molecule has 3 N–H and O–H groups in total. The van der Waals surface area contributed by atoms with Crippen LogP contribution in [0, 0.1) is 0 Å². The predicted molar refractivity (Wildman–Crippen MR) is 80.3 cm³/mol. The number of benzene rings is 2. The maximum Gasteiger partial charge on any atom is 0.229 e. The Hall–Kier alpha value is -1.92. The largest absolute Gasteiger partial charge is 0.462 e. The van der Waals surface area contributed by atoms with Crippen molar-refractivity contribution in [1.82, 2.24) is 0 Å². The van der Waals surface area contributed by atoms with Crippen LogP contribution >= 0.6 is 0 Å². The summed E-state index contributed by atoms with van der Waals surface area (Å²) < 4.78 is 10.8. The molecule has 0 spiro atoms. The summed E-state index contributed by atoms with van der Waals surface area (Å²) >= 11 is 0. The monoisotopic (exact) mass is 302 g/mol. The summed E-state index contributed by atoms with van der Waals surface area (Å²) in [5.74, 6) is 0.523. The summed E-state index contributed by atoms with van der Waals surface area (Å²) in [4.78, 5) is 0. The second-order valence-electron chi connectivity index (χ2n) is 5.21. The Balaban J connectivity index is 1.69. The Kier molecular flexibility index (Phi) is 4.40. The van der Waals surface area contributed by atoms with Gasteiger partial charge < -0.3 is 24.8 Å². The van der Waals surface area contributed by atoms with Crippen LogP contribution in [0.5, 0.6) is 5.75 Å². The summed E-state index contributed by atoms with van der Waals surface area (Å²) in [6.07, 6.45) is -4.16. The van der Waals surface area contributed by atoms with Crippen molar-refractivity contribution in [1.29, 1.82) is 0 Å². The minimum Gasteiger partial charge on any atom is -0.462 e. The van der Waals surface area contributed by atoms with Gasteiger partial charge in [0, 0.05) is 0 Å². The SMILES string of the molecule is OC[C@H]1O[C@H](Oc2ccc(-c3ccccc3)cc2)[C@H](O)[C@@H]1O. The maximum absolute atomic E-state index is 9.84. The third kappa shape index (κ3) is 2.98. The van der Waals surface area contributed by atoms with Crippen molar-refractivity contribution in [2.24, 2.45) is 0 Å². The second kappa shape index (κ2) is 6.46. The molecular formula is C17H18O5. The van der Waals surface area contributed by atoms with Crippen LogP contribution in [0.3, 0.4) is 0 Å². The summed E-state index contributed by atoms with van der Waals surface area (Å²) in [5.41, 5.74) is 2.15. The quantitative estimate of drug-likeness (QED) is 0.790. The highest BCUT2D eigenvalue weighted by Crippen LogP contribution is 2.26. The third-order valence-corrected chi connectivity index (χ3v) is 3.71. The van der Waals surface area contributed by atoms with E-state index in [0.29, 0.717) is 5.75 Å². The van der Waals surface area contributed by atoms with Gasteiger partial charge in [0.15, 0.2) is 0 Å². The highest BCUT2D eigenvalue weighted by molar-refractivity contribution is 5.63. The van der Waals surface area contributed by atoms with Gasteiger partial charge in [0.2, 0.25) is 6.29 Å². The Bertz CT molecular complexity index is 598. The standard InChI is InChI=1S/C17H18O5/c18-10-14-15(19)16(20)17(22-14)21-13-8-6-12(7-9-13)11-4-2-1-3-5-11/h1-9,14-20H,10H2/t14-,15-,16-,17+/m1/s1. The molecule has 1 aliphatic heterocycles. The molecule has 0 saturated carbocycles. The van der Waals surface area contributed by atoms with Gasteiger partial charge in [-0.1, -0.05) is 42.5 Å². The summed E-state index contributed by atoms with van der Waals surface area (Å²) in [6, 6.07) is 17.3. The topological polar surface area (TPSA) is 79.2 Å². The molecule has 116 valence electrons. The summed E-state index contributed by atoms with van der Waals surface area (Å²) in [7, 11) is 0. The first-order valence-electron chi connectivity index (χ1n) is 7.13. The molecule has 1 fully saturated rings. The molecule has 0 aromatic heterocycles. The van der Waals surface area contributed by atoms with Crippen LogP contribution in [-0.4, -0.2) is 46.5 Å². The van der Waals surface area contributed by atoms with Crippen molar-refractivity contribution < 1.29 is 24.8 Å². The van der Waals surface area contributed by atoms with Gasteiger partial charge in [-0.05, 0) is 23.3 Å². The molecule has 2 aromatic carbocycles. The molecule has 4 atom stereocenters. The van der Waals surface area contributed by atoms with E-state index in [1.165, 1.54) is 0 Å². The van der Waals surface area contributed by atoms with Gasteiger partial charge >= 0.3 is 0 Å². The molecule has 0 bridgehead atoms. The summed E-state index contributed by atoms with van der Waals surface area (Å²) in [6.45, 7) is -0.370. The number of hydrogen-bond donors (Lipinski definition) is 3. The molecule has 2 aromatic rings. The van der Waals surface area contributed by atoms with Gasteiger partial charge in [-0.2, -0.15) is 0 Å². The van der Waals surface area contributed by atoms with Gasteiger partial charge in [-0.25, -0.2) is 0 Å². The Morgan fingerprint density at radius 2 is 1.50 bits per heavy atom. The first kappa shape index (κ1) is 15.0. The van der Waals surface area contributed by atoms with E-state index in [2.05, 4.69) is 0 Å². The lowest BCUT2D eigenvalue weighted by Crippen LogP contribution is -2.35. The fourth-order valence-corrected chi connectivity index (χ4v) is 2.45. The van der Waals surface area contributed by atoms with Crippen LogP contribution in [-0.2, 0) is 4.74 Å². The zero-order valence-electron chi connectivity index (χ0n) is 11.9. The smallest absolute Gasteiger partial charge is 0.229 e. The van der Waals surface area contributed by atoms with Crippen LogP contribution in [0.15, 0.2) is 54.6 Å². The molecule has 0 unspecified atom stereocenters. The Labute approximate surface area is 128 Å². The van der Waals surface area contributed by atoms with Crippen molar-refractivity contribution >= 4 is 0 Å². The van der Waals surface area contributed by atoms with E-state index in [0.717, 1.165) is 11.1 Å². The molecule has 0 radical (unpaired) electrons. The number of rotatable bonds is 4. The number of hydrogen-bond acceptors (Lipinski definition) is 5. The number of ether oxygens (including phenoxy) is 2. The lowest BCUT2D eigenvalue weighted by atomic mass is 10.1. The van der Waals surface area contributed by atoms with Crippen molar-refractivity contribution in [3.8, 4) is 16.9 Å². The van der Waals surface area contributed by atoms with E-state index < -0.39 is 24.6 Å². The molecule has 0 amide bonds. The second-order valence-corrected chi connectivity index (χ2v) is 5.21. The van der Waals surface area contributed by atoms with Crippen molar-refractivity contribution in [2.45, 2.75) is 24.6 Å². The van der Waals surface area contributed by atoms with Crippen molar-refractivity contribution in [3.05, 3.63) is 54.6 Å². The van der Waals surface area contributed by atoms with Gasteiger partial charge in [0.05, 0.1) is 6.61 Å². The van der Waals surface area contributed by atoms with Crippen LogP contribution in [0.2, 0.25) is 0 Å². The molecule has 5 heteroatoms. The van der Waals surface area contributed by atoms with Crippen molar-refractivity contribution in [3.63, 3.8) is 0 Å². The van der Waals surface area contributed by atoms with E-state index in [9.17, 15) is 10.2 Å². The highest BCUT2D eigenvalue weighted by Gasteiger charge is 2.43. The number of aliphatic hydroxyl groups is 3. The zero-order valence-corrected chi connectivity index (χ0v) is 11.9. The van der Waals surface area contributed by atoms with Gasteiger partial charge in [0.1, 0.15) is 24.1 Å². The van der Waals surface area contributed by atoms with E-state index in [4.69, 9.17) is 14.6 Å². The number of aliphatic hydroxyl groups excluding tert-OH is 3. The van der Waals surface area contributed by atoms with Crippen LogP contribution in [0.4, 0.5) is 0 Å². The molecule has 1 saturated heterocycles. The fourth-order valence-electron chi connectivity index (χ4n) is 2.45. The van der Waals surface area contributed by atoms with Crippen LogP contribution in [0.25, 0.3) is 11.1 Å². The molecule has 22 heavy (non-hydrogen) atoms. The molecule has 0 aliphatic carbocycles. The van der Waals surface area contributed by atoms with E-state index >= 15 is 0 Å². The van der Waals surface area contributed by atoms with Gasteiger partial charge in [-0.3, -0.25) is 0 Å². The molecule has 1 heterocycles. The Morgan fingerprint density at radius 1 is 0.864 bits per heavy atom. The van der Waals surface area contributed by atoms with Crippen molar-refractivity contribution in [2.75, 3.05) is 6.61 Å². The zero-order chi connectivity index (χ0) is 15.5. The third-order valence-electron chi connectivity index (χ3n) is 3.71. The normalized spacial score (nSPS) is 27.8. The van der Waals surface area contributed by atoms with Crippen LogP contribution < -0.4 is 4.74 Å². The minimum absolute atomic E-state index is 0.370. The highest BCUT2D eigenvalue weighted by atomic mass is 16.7. The van der Waals surface area contributed by atoms with Crippen LogP contribution in [0.1, 0.15) is 0 Å². The first-order valence-corrected chi connectivity index (χ1v) is 7.13. The van der Waals surface area contributed by atoms with Gasteiger partial charge in [0.25, 0.3) is 0 Å². The molecule has 5 nitrogen and oxygen atoms in total. The first-order chi connectivity index (χ1) is 10.7. The lowest BCUT2D eigenvalue weighted by Gasteiger charge is -2.17. The average Bonchev–Trinajstić information content (AvgIpc) is 2.84.